The fraction of sp³-hybridized carbons (Fsp3) is 0.0222. The molecule has 0 fully saturated rings. The molecule has 8 rings (SSSR count). The zero-order valence-corrected chi connectivity index (χ0v) is 28.1. The molecule has 0 unspecified atom stereocenters. The predicted octanol–water partition coefficient (Wildman–Crippen LogP) is 9.48. The van der Waals surface area contributed by atoms with Gasteiger partial charge in [0, 0.05) is 0 Å². The van der Waals surface area contributed by atoms with Gasteiger partial charge in [0.05, 0.1) is 0 Å². The van der Waals surface area contributed by atoms with E-state index >= 15 is 0 Å². The Kier molecular flexibility index (Phi) is 8.23. The highest BCUT2D eigenvalue weighted by Crippen LogP contribution is 2.46. The Morgan fingerprint density at radius 2 is 0.745 bits per heavy atom. The molecule has 0 aliphatic heterocycles. The van der Waals surface area contributed by atoms with Gasteiger partial charge < -0.3 is 0 Å². The molecule has 0 atom stereocenters. The molecule has 0 nitrogen and oxygen atoms in total. The Hall–Kier alpha value is -4.86. The highest BCUT2D eigenvalue weighted by Gasteiger charge is 2.29. The van der Waals surface area contributed by atoms with Gasteiger partial charge in [-0.05, 0) is 92.8 Å². The smallest absolute Gasteiger partial charge is 0.000616 e. The lowest BCUT2D eigenvalue weighted by atomic mass is 9.92. The van der Waals surface area contributed by atoms with Gasteiger partial charge in [-0.3, -0.25) is 0 Å². The van der Waals surface area contributed by atoms with Crippen molar-refractivity contribution in [1.29, 1.82) is 0 Å². The molecule has 0 spiro atoms. The molecule has 0 N–H and O–H groups in total. The zero-order chi connectivity index (χ0) is 31.6. The molecule has 0 heterocycles. The van der Waals surface area contributed by atoms with Gasteiger partial charge in [0.2, 0.25) is 0 Å². The Morgan fingerprint density at radius 1 is 0.340 bits per heavy atom. The summed E-state index contributed by atoms with van der Waals surface area (Å²) in [6, 6.07) is 69.7. The average molecular weight is 637 g/mol. The molecule has 0 aromatic heterocycles. The van der Waals surface area contributed by atoms with Crippen LogP contribution in [0.3, 0.4) is 0 Å². The molecule has 47 heavy (non-hydrogen) atoms. The molecule has 0 saturated heterocycles. The van der Waals surface area contributed by atoms with Crippen molar-refractivity contribution in [3.63, 3.8) is 0 Å². The molecule has 8 aromatic carbocycles. The normalized spacial score (nSPS) is 11.5. The molecule has 0 radical (unpaired) electrons. The van der Waals surface area contributed by atoms with Crippen molar-refractivity contribution < 1.29 is 0 Å². The second kappa shape index (κ2) is 13.1. The molecule has 0 bridgehead atoms. The van der Waals surface area contributed by atoms with Crippen LogP contribution in [0.25, 0.3) is 32.7 Å². The zero-order valence-electron chi connectivity index (χ0n) is 26.3. The third kappa shape index (κ3) is 5.59. The van der Waals surface area contributed by atoms with Crippen molar-refractivity contribution in [2.45, 2.75) is 6.92 Å². The molecule has 8 aromatic rings. The van der Waals surface area contributed by atoms with Crippen LogP contribution in [0.5, 0.6) is 0 Å². The average Bonchev–Trinajstić information content (AvgIpc) is 3.14. The summed E-state index contributed by atoms with van der Waals surface area (Å²) in [5, 5.41) is 13.4. The summed E-state index contributed by atoms with van der Waals surface area (Å²) in [5.41, 5.74) is 4.06. The van der Waals surface area contributed by atoms with Crippen LogP contribution in [0.2, 0.25) is 0 Å². The van der Waals surface area contributed by atoms with Crippen molar-refractivity contribution >= 4 is 69.2 Å². The maximum Gasteiger partial charge on any atom is -0.000616 e. The number of hydrogen-bond acceptors (Lipinski definition) is 0. The summed E-state index contributed by atoms with van der Waals surface area (Å²) in [4.78, 5) is 0. The fourth-order valence-corrected chi connectivity index (χ4v) is 12.0. The van der Waals surface area contributed by atoms with Crippen LogP contribution in [0.4, 0.5) is 0 Å². The lowest BCUT2D eigenvalue weighted by molar-refractivity contribution is 1.54. The van der Waals surface area contributed by atoms with Crippen LogP contribution in [0.15, 0.2) is 188 Å². The Morgan fingerprint density at radius 3 is 1.26 bits per heavy atom. The number of hydrogen-bond donors (Lipinski definition) is 0. The summed E-state index contributed by atoms with van der Waals surface area (Å²) in [6.07, 6.45) is 0. The van der Waals surface area contributed by atoms with E-state index in [4.69, 9.17) is 0 Å². The van der Waals surface area contributed by atoms with Crippen molar-refractivity contribution in [2.75, 3.05) is 0 Å². The van der Waals surface area contributed by atoms with Gasteiger partial charge in [-0.25, -0.2) is 0 Å². The largest absolute Gasteiger partial charge is 0.0622 e. The van der Waals surface area contributed by atoms with E-state index in [0.717, 1.165) is 0 Å². The van der Waals surface area contributed by atoms with Crippen molar-refractivity contribution in [3.8, 4) is 11.1 Å². The number of fused-ring (bicyclic) bond motifs is 2. The minimum atomic E-state index is -0.873. The Bertz CT molecular complexity index is 2220. The third-order valence-electron chi connectivity index (χ3n) is 8.89. The van der Waals surface area contributed by atoms with Gasteiger partial charge in [-0.2, -0.15) is 0 Å². The van der Waals surface area contributed by atoms with Gasteiger partial charge >= 0.3 is 0 Å². The lowest BCUT2D eigenvalue weighted by Gasteiger charge is -2.29. The maximum atomic E-state index is 2.43. The predicted molar refractivity (Wildman–Crippen MR) is 209 cm³/mol. The molecule has 0 saturated carbocycles. The minimum Gasteiger partial charge on any atom is -0.0622 e. The highest BCUT2D eigenvalue weighted by molar-refractivity contribution is 7.81. The standard InChI is InChI=1S/C45H34P2/c1-33-32-35-19-15-17-29-41(35)44(45(33)47(38-24-10-4-11-25-38)39-26-12-5-13-27-39)43-40-28-16-14-18-34(40)30-31-42(43)46(36-20-6-2-7-21-36)37-22-8-3-9-23-37/h2-32H,1H3. The second-order valence-corrected chi connectivity index (χ2v) is 16.2. The Balaban J connectivity index is 1.55. The summed E-state index contributed by atoms with van der Waals surface area (Å²) >= 11 is 0. The number of aryl methyl sites for hydroxylation is 1. The maximum absolute atomic E-state index is 2.43. The van der Waals surface area contributed by atoms with E-state index in [1.165, 1.54) is 70.1 Å². The van der Waals surface area contributed by atoms with E-state index < -0.39 is 15.8 Å². The van der Waals surface area contributed by atoms with Gasteiger partial charge in [0.25, 0.3) is 0 Å². The first-order valence-corrected chi connectivity index (χ1v) is 18.8. The van der Waals surface area contributed by atoms with E-state index in [1.807, 2.05) is 0 Å². The first-order valence-electron chi connectivity index (χ1n) is 16.1. The summed E-state index contributed by atoms with van der Waals surface area (Å²) in [7, 11) is -1.73. The third-order valence-corrected chi connectivity index (χ3v) is 14.0. The SMILES string of the molecule is Cc1cc2ccccc2c(-c2c(P(c3ccccc3)c3ccccc3)ccc3ccccc23)c1P(c1ccccc1)c1ccccc1. The van der Waals surface area contributed by atoms with E-state index in [2.05, 4.69) is 195 Å². The monoisotopic (exact) mass is 636 g/mol. The van der Waals surface area contributed by atoms with Gasteiger partial charge in [-0.1, -0.05) is 188 Å². The molecular formula is C45H34P2. The first kappa shape index (κ1) is 29.5. The topological polar surface area (TPSA) is 0 Å². The number of rotatable bonds is 7. The van der Waals surface area contributed by atoms with Crippen LogP contribution in [0, 0.1) is 6.92 Å². The summed E-state index contributed by atoms with van der Waals surface area (Å²) in [5.74, 6) is 0. The van der Waals surface area contributed by atoms with Crippen LogP contribution in [-0.2, 0) is 0 Å². The van der Waals surface area contributed by atoms with E-state index in [1.54, 1.807) is 0 Å². The molecule has 0 aliphatic carbocycles. The van der Waals surface area contributed by atoms with Crippen LogP contribution < -0.4 is 31.8 Å². The van der Waals surface area contributed by atoms with E-state index in [0.29, 0.717) is 0 Å². The van der Waals surface area contributed by atoms with Crippen LogP contribution in [-0.4, -0.2) is 0 Å². The number of benzene rings is 8. The minimum absolute atomic E-state index is 0.862. The quantitative estimate of drug-likeness (QED) is 0.153. The van der Waals surface area contributed by atoms with Crippen LogP contribution in [0.1, 0.15) is 5.56 Å². The van der Waals surface area contributed by atoms with Gasteiger partial charge in [0.1, 0.15) is 0 Å². The molecule has 0 amide bonds. The van der Waals surface area contributed by atoms with Crippen molar-refractivity contribution in [1.82, 2.24) is 0 Å². The molecular weight excluding hydrogens is 602 g/mol. The van der Waals surface area contributed by atoms with Gasteiger partial charge in [0.15, 0.2) is 0 Å². The van der Waals surface area contributed by atoms with E-state index in [-0.39, 0.29) is 0 Å². The molecule has 2 heteroatoms. The molecule has 224 valence electrons. The summed E-state index contributed by atoms with van der Waals surface area (Å²) in [6.45, 7) is 2.33. The van der Waals surface area contributed by atoms with Gasteiger partial charge in [-0.15, -0.1) is 0 Å². The van der Waals surface area contributed by atoms with Crippen molar-refractivity contribution in [2.24, 2.45) is 0 Å². The first-order chi connectivity index (χ1) is 23.3. The van der Waals surface area contributed by atoms with E-state index in [9.17, 15) is 0 Å². The summed E-state index contributed by atoms with van der Waals surface area (Å²) < 4.78 is 0. The lowest BCUT2D eigenvalue weighted by Crippen LogP contribution is -2.27. The van der Waals surface area contributed by atoms with Crippen molar-refractivity contribution in [3.05, 3.63) is 194 Å². The fourth-order valence-electron chi connectivity index (χ4n) is 6.87. The molecule has 0 aliphatic rings. The Labute approximate surface area is 279 Å². The second-order valence-electron chi connectivity index (χ2n) is 11.8. The highest BCUT2D eigenvalue weighted by atomic mass is 31.1. The van der Waals surface area contributed by atoms with Crippen LogP contribution >= 0.6 is 15.8 Å².